The number of halogens is 1. The van der Waals surface area contributed by atoms with Gasteiger partial charge in [0.05, 0.1) is 12.8 Å². The number of nitrogens with one attached hydrogen (secondary N) is 2. The summed E-state index contributed by atoms with van der Waals surface area (Å²) in [5, 5.41) is 34.6. The number of anilines is 2. The van der Waals surface area contributed by atoms with Crippen LogP contribution in [0.2, 0.25) is 5.02 Å². The molecule has 0 bridgehead atoms. The fraction of sp³-hybridized carbons (Fsp3) is 0.294. The zero-order valence-corrected chi connectivity index (χ0v) is 16.1. The molecule has 0 radical (unpaired) electrons. The second-order valence-corrected chi connectivity index (χ2v) is 7.02. The fourth-order valence-electron chi connectivity index (χ4n) is 3.13. The van der Waals surface area contributed by atoms with Crippen molar-refractivity contribution in [2.24, 2.45) is 5.10 Å². The van der Waals surface area contributed by atoms with Gasteiger partial charge in [0.15, 0.2) is 17.4 Å². The predicted octanol–water partition coefficient (Wildman–Crippen LogP) is -0.587. The molecule has 0 aliphatic carbocycles. The molecule has 13 heteroatoms. The van der Waals surface area contributed by atoms with E-state index in [4.69, 9.17) is 22.1 Å². The Kier molecular flexibility index (Phi) is 5.40. The number of nitrogens with two attached hydrogens (primary N) is 1. The fourth-order valence-corrected chi connectivity index (χ4v) is 3.25. The van der Waals surface area contributed by atoms with E-state index in [0.29, 0.717) is 5.02 Å². The molecule has 158 valence electrons. The van der Waals surface area contributed by atoms with Crippen molar-refractivity contribution in [1.29, 1.82) is 0 Å². The first kappa shape index (κ1) is 20.3. The number of fused-ring (bicyclic) bond motifs is 1. The number of rotatable bonds is 5. The van der Waals surface area contributed by atoms with Gasteiger partial charge in [-0.3, -0.25) is 14.3 Å². The first-order valence-corrected chi connectivity index (χ1v) is 9.21. The third kappa shape index (κ3) is 3.62. The number of aromatic nitrogens is 4. The van der Waals surface area contributed by atoms with Crippen LogP contribution in [0.15, 0.2) is 34.2 Å². The normalized spacial score (nSPS) is 24.1. The minimum Gasteiger partial charge on any atom is -0.394 e. The van der Waals surface area contributed by atoms with Crippen LogP contribution in [-0.4, -0.2) is 66.0 Å². The number of hydrogen-bond donors (Lipinski definition) is 6. The number of ether oxygens (including phenoxy) is 1. The Morgan fingerprint density at radius 2 is 2.03 bits per heavy atom. The third-order valence-electron chi connectivity index (χ3n) is 4.59. The van der Waals surface area contributed by atoms with Crippen molar-refractivity contribution in [3.05, 3.63) is 45.2 Å². The van der Waals surface area contributed by atoms with Crippen LogP contribution in [0.5, 0.6) is 0 Å². The summed E-state index contributed by atoms with van der Waals surface area (Å²) in [5.74, 6) is -0.162. The zero-order valence-electron chi connectivity index (χ0n) is 15.3. The van der Waals surface area contributed by atoms with E-state index in [2.05, 4.69) is 25.5 Å². The molecule has 3 heterocycles. The number of H-pyrrole nitrogens is 1. The SMILES string of the molecule is Nc1nc2c(nc(N/N=C\c3ccc(Cl)cc3)n2[C@@H]2O[C@H](CO)[C@@H](O)[C@H]2O)c(=O)[nH]1. The van der Waals surface area contributed by atoms with E-state index in [1.165, 1.54) is 10.8 Å². The van der Waals surface area contributed by atoms with Gasteiger partial charge in [-0.2, -0.15) is 10.1 Å². The standard InChI is InChI=1S/C17H18ClN7O5/c18-8-3-1-7(2-4-8)5-20-24-17-21-10-13(22-16(19)23-14(10)29)25(17)15-12(28)11(27)9(6-26)30-15/h1-5,9,11-12,15,26-28H,6H2,(H,21,24)(H3,19,22,23,29)/b20-5-/t9-,11-,12-,15-/m1/s1. The summed E-state index contributed by atoms with van der Waals surface area (Å²) >= 11 is 5.86. The number of hydrogen-bond acceptors (Lipinski definition) is 10. The van der Waals surface area contributed by atoms with Crippen LogP contribution in [-0.2, 0) is 4.74 Å². The van der Waals surface area contributed by atoms with E-state index in [1.807, 2.05) is 0 Å². The minimum absolute atomic E-state index is 0.00801. The number of nitrogen functional groups attached to an aromatic ring is 1. The molecule has 2 aromatic heterocycles. The maximum absolute atomic E-state index is 12.3. The average molecular weight is 436 g/mol. The molecule has 1 fully saturated rings. The van der Waals surface area contributed by atoms with Gasteiger partial charge in [-0.25, -0.2) is 10.4 Å². The van der Waals surface area contributed by atoms with Gasteiger partial charge in [0.2, 0.25) is 11.9 Å². The summed E-state index contributed by atoms with van der Waals surface area (Å²) < 4.78 is 6.81. The molecular formula is C17H18ClN7O5. The largest absolute Gasteiger partial charge is 0.394 e. The number of aromatic amines is 1. The molecule has 0 unspecified atom stereocenters. The third-order valence-corrected chi connectivity index (χ3v) is 4.84. The Morgan fingerprint density at radius 3 is 2.70 bits per heavy atom. The van der Waals surface area contributed by atoms with Crippen molar-refractivity contribution in [1.82, 2.24) is 19.5 Å². The second kappa shape index (κ2) is 8.01. The maximum Gasteiger partial charge on any atom is 0.280 e. The van der Waals surface area contributed by atoms with Gasteiger partial charge in [0.1, 0.15) is 18.3 Å². The molecule has 12 nitrogen and oxygen atoms in total. The highest BCUT2D eigenvalue weighted by Crippen LogP contribution is 2.33. The Morgan fingerprint density at radius 1 is 1.30 bits per heavy atom. The highest BCUT2D eigenvalue weighted by molar-refractivity contribution is 6.30. The molecule has 0 spiro atoms. The van der Waals surface area contributed by atoms with E-state index < -0.39 is 36.7 Å². The molecular weight excluding hydrogens is 418 g/mol. The van der Waals surface area contributed by atoms with Gasteiger partial charge in [-0.1, -0.05) is 23.7 Å². The van der Waals surface area contributed by atoms with E-state index in [1.54, 1.807) is 24.3 Å². The molecule has 1 saturated heterocycles. The summed E-state index contributed by atoms with van der Waals surface area (Å²) in [6, 6.07) is 6.89. The number of imidazole rings is 1. The number of aliphatic hydroxyl groups excluding tert-OH is 3. The first-order chi connectivity index (χ1) is 14.4. The van der Waals surface area contributed by atoms with Gasteiger partial charge in [-0.15, -0.1) is 0 Å². The summed E-state index contributed by atoms with van der Waals surface area (Å²) in [7, 11) is 0. The highest BCUT2D eigenvalue weighted by Gasteiger charge is 2.45. The molecule has 1 aliphatic rings. The molecule has 30 heavy (non-hydrogen) atoms. The number of hydrazone groups is 1. The monoisotopic (exact) mass is 435 g/mol. The van der Waals surface area contributed by atoms with Crippen LogP contribution in [0.1, 0.15) is 11.8 Å². The zero-order chi connectivity index (χ0) is 21.4. The van der Waals surface area contributed by atoms with Crippen LogP contribution in [0, 0.1) is 0 Å². The van der Waals surface area contributed by atoms with Crippen LogP contribution < -0.4 is 16.7 Å². The van der Waals surface area contributed by atoms with Gasteiger partial charge < -0.3 is 25.8 Å². The van der Waals surface area contributed by atoms with E-state index in [9.17, 15) is 20.1 Å². The van der Waals surface area contributed by atoms with Crippen molar-refractivity contribution in [2.75, 3.05) is 17.8 Å². The minimum atomic E-state index is -1.43. The topological polar surface area (TPSA) is 184 Å². The summed E-state index contributed by atoms with van der Waals surface area (Å²) in [5.41, 5.74) is 8.39. The van der Waals surface area contributed by atoms with Crippen LogP contribution in [0.25, 0.3) is 11.2 Å². The van der Waals surface area contributed by atoms with Crippen molar-refractivity contribution < 1.29 is 20.1 Å². The molecule has 0 amide bonds. The van der Waals surface area contributed by atoms with Crippen LogP contribution >= 0.6 is 11.6 Å². The number of nitrogens with zero attached hydrogens (tertiary/aromatic N) is 4. The van der Waals surface area contributed by atoms with Gasteiger partial charge in [-0.05, 0) is 17.7 Å². The van der Waals surface area contributed by atoms with Crippen molar-refractivity contribution in [2.45, 2.75) is 24.5 Å². The quantitative estimate of drug-likeness (QED) is 0.225. The van der Waals surface area contributed by atoms with Crippen molar-refractivity contribution in [3.63, 3.8) is 0 Å². The van der Waals surface area contributed by atoms with Crippen LogP contribution in [0.4, 0.5) is 11.9 Å². The molecule has 4 rings (SSSR count). The van der Waals surface area contributed by atoms with Gasteiger partial charge >= 0.3 is 0 Å². The lowest BCUT2D eigenvalue weighted by atomic mass is 10.1. The lowest BCUT2D eigenvalue weighted by molar-refractivity contribution is -0.0501. The number of aliphatic hydroxyl groups is 3. The predicted molar refractivity (Wildman–Crippen MR) is 108 cm³/mol. The molecule has 0 saturated carbocycles. The Balaban J connectivity index is 1.75. The Bertz CT molecular complexity index is 1150. The molecule has 1 aromatic carbocycles. The molecule has 4 atom stereocenters. The summed E-state index contributed by atoms with van der Waals surface area (Å²) in [6.07, 6.45) is -3.54. The smallest absolute Gasteiger partial charge is 0.280 e. The molecule has 7 N–H and O–H groups in total. The summed E-state index contributed by atoms with van der Waals surface area (Å²) in [6.45, 7) is -0.519. The van der Waals surface area contributed by atoms with E-state index in [0.717, 1.165) is 5.56 Å². The van der Waals surface area contributed by atoms with E-state index >= 15 is 0 Å². The second-order valence-electron chi connectivity index (χ2n) is 6.58. The Hall–Kier alpha value is -3.03. The average Bonchev–Trinajstić information content (AvgIpc) is 3.21. The first-order valence-electron chi connectivity index (χ1n) is 8.84. The lowest BCUT2D eigenvalue weighted by Gasteiger charge is -2.18. The van der Waals surface area contributed by atoms with Crippen LogP contribution in [0.3, 0.4) is 0 Å². The Labute approximate surface area is 173 Å². The van der Waals surface area contributed by atoms with Crippen molar-refractivity contribution in [3.8, 4) is 0 Å². The molecule has 1 aliphatic heterocycles. The molecule has 3 aromatic rings. The number of benzene rings is 1. The highest BCUT2D eigenvalue weighted by atomic mass is 35.5. The van der Waals surface area contributed by atoms with Crippen molar-refractivity contribution >= 4 is 40.9 Å². The maximum atomic E-state index is 12.3. The van der Waals surface area contributed by atoms with Gasteiger partial charge in [0.25, 0.3) is 5.56 Å². The lowest BCUT2D eigenvalue weighted by Crippen LogP contribution is -2.33. The van der Waals surface area contributed by atoms with E-state index in [-0.39, 0.29) is 23.1 Å². The summed E-state index contributed by atoms with van der Waals surface area (Å²) in [4.78, 5) is 22.8. The van der Waals surface area contributed by atoms with Gasteiger partial charge in [0, 0.05) is 5.02 Å².